The Morgan fingerprint density at radius 3 is 2.56 bits per heavy atom. The summed E-state index contributed by atoms with van der Waals surface area (Å²) in [5.74, 6) is 0.818. The molecule has 0 spiro atoms. The van der Waals surface area contributed by atoms with Gasteiger partial charge >= 0.3 is 0 Å². The number of ether oxygens (including phenoxy) is 1. The molecule has 2 rings (SSSR count). The number of methoxy groups -OCH3 is 1. The Labute approximate surface area is 113 Å². The summed E-state index contributed by atoms with van der Waals surface area (Å²) >= 11 is 1.93. The summed E-state index contributed by atoms with van der Waals surface area (Å²) in [6.07, 6.45) is 4.29. The molecule has 1 unspecified atom stereocenters. The maximum Gasteiger partial charge on any atom is 0.118 e. The number of benzene rings is 1. The number of thioether (sulfide) groups is 1. The molecular weight excluding hydrogens is 246 g/mol. The molecule has 3 nitrogen and oxygen atoms in total. The molecule has 1 aliphatic carbocycles. The molecule has 1 saturated carbocycles. The van der Waals surface area contributed by atoms with Gasteiger partial charge in [-0.15, -0.1) is 0 Å². The van der Waals surface area contributed by atoms with Crippen molar-refractivity contribution in [2.45, 2.75) is 23.7 Å². The van der Waals surface area contributed by atoms with Crippen LogP contribution in [0.3, 0.4) is 0 Å². The Morgan fingerprint density at radius 2 is 2.06 bits per heavy atom. The van der Waals surface area contributed by atoms with Crippen molar-refractivity contribution in [3.05, 3.63) is 29.8 Å². The maximum atomic E-state index is 10.1. The first kappa shape index (κ1) is 13.7. The Kier molecular flexibility index (Phi) is 4.54. The fraction of sp³-hybridized carbons (Fsp3) is 0.571. The van der Waals surface area contributed by atoms with E-state index in [1.54, 1.807) is 7.11 Å². The predicted octanol–water partition coefficient (Wildman–Crippen LogP) is 2.21. The predicted molar refractivity (Wildman–Crippen MR) is 76.3 cm³/mol. The lowest BCUT2D eigenvalue weighted by atomic mass is 10.1. The molecule has 0 heterocycles. The topological polar surface area (TPSA) is 41.5 Å². The van der Waals surface area contributed by atoms with E-state index < -0.39 is 6.10 Å². The zero-order valence-corrected chi connectivity index (χ0v) is 11.8. The lowest BCUT2D eigenvalue weighted by molar-refractivity contribution is 0.175. The van der Waals surface area contributed by atoms with E-state index in [4.69, 9.17) is 4.74 Å². The van der Waals surface area contributed by atoms with Gasteiger partial charge < -0.3 is 15.2 Å². The van der Waals surface area contributed by atoms with E-state index in [0.29, 0.717) is 11.3 Å². The summed E-state index contributed by atoms with van der Waals surface area (Å²) < 4.78 is 5.54. The van der Waals surface area contributed by atoms with Gasteiger partial charge in [0.05, 0.1) is 13.2 Å². The quantitative estimate of drug-likeness (QED) is 0.795. The summed E-state index contributed by atoms with van der Waals surface area (Å²) in [7, 11) is 1.64. The number of aliphatic hydroxyl groups excluding tert-OH is 1. The third-order valence-electron chi connectivity index (χ3n) is 3.53. The van der Waals surface area contributed by atoms with Gasteiger partial charge in [-0.05, 0) is 36.8 Å². The van der Waals surface area contributed by atoms with Gasteiger partial charge in [-0.3, -0.25) is 0 Å². The van der Waals surface area contributed by atoms with Gasteiger partial charge in [0, 0.05) is 17.8 Å². The Hall–Kier alpha value is -0.710. The standard InChI is InChI=1S/C14H21NO2S/c1-17-12-5-3-11(4-6-12)13(16)9-15-10-14(18-2)7-8-14/h3-6,13,15-16H,7-10H2,1-2H3. The van der Waals surface area contributed by atoms with Crippen LogP contribution in [0.15, 0.2) is 24.3 Å². The molecule has 0 aliphatic heterocycles. The normalized spacial score (nSPS) is 18.4. The van der Waals surface area contributed by atoms with Crippen molar-refractivity contribution in [2.24, 2.45) is 0 Å². The van der Waals surface area contributed by atoms with Gasteiger partial charge in [0.25, 0.3) is 0 Å². The SMILES string of the molecule is COc1ccc(C(O)CNCC2(SC)CC2)cc1. The molecule has 1 atom stereocenters. The maximum absolute atomic E-state index is 10.1. The average molecular weight is 267 g/mol. The molecule has 18 heavy (non-hydrogen) atoms. The van der Waals surface area contributed by atoms with Gasteiger partial charge in [0.1, 0.15) is 5.75 Å². The minimum Gasteiger partial charge on any atom is -0.497 e. The summed E-state index contributed by atoms with van der Waals surface area (Å²) in [5, 5.41) is 13.4. The summed E-state index contributed by atoms with van der Waals surface area (Å²) in [6.45, 7) is 1.59. The van der Waals surface area contributed by atoms with Crippen LogP contribution in [0.5, 0.6) is 5.75 Å². The van der Waals surface area contributed by atoms with Crippen LogP contribution in [-0.4, -0.2) is 36.3 Å². The van der Waals surface area contributed by atoms with Crippen molar-refractivity contribution in [3.8, 4) is 5.75 Å². The number of rotatable bonds is 7. The molecule has 100 valence electrons. The smallest absolute Gasteiger partial charge is 0.118 e. The zero-order valence-electron chi connectivity index (χ0n) is 11.0. The molecular formula is C14H21NO2S. The van der Waals surface area contributed by atoms with Crippen LogP contribution in [0.1, 0.15) is 24.5 Å². The van der Waals surface area contributed by atoms with Crippen molar-refractivity contribution < 1.29 is 9.84 Å². The van der Waals surface area contributed by atoms with Gasteiger partial charge in [-0.25, -0.2) is 0 Å². The molecule has 0 amide bonds. The summed E-state index contributed by atoms with van der Waals surface area (Å²) in [4.78, 5) is 0. The molecule has 1 aromatic carbocycles. The van der Waals surface area contributed by atoms with E-state index in [9.17, 15) is 5.11 Å². The molecule has 4 heteroatoms. The molecule has 0 bridgehead atoms. The van der Waals surface area contributed by atoms with Crippen molar-refractivity contribution in [2.75, 3.05) is 26.5 Å². The second-order valence-electron chi connectivity index (χ2n) is 4.81. The van der Waals surface area contributed by atoms with Crippen molar-refractivity contribution in [1.82, 2.24) is 5.32 Å². The van der Waals surface area contributed by atoms with Crippen LogP contribution in [0.2, 0.25) is 0 Å². The highest BCUT2D eigenvalue weighted by Gasteiger charge is 2.41. The third-order valence-corrected chi connectivity index (χ3v) is 4.94. The summed E-state index contributed by atoms with van der Waals surface area (Å²) in [5.41, 5.74) is 0.928. The van der Waals surface area contributed by atoms with Gasteiger partial charge in [0.2, 0.25) is 0 Å². The van der Waals surface area contributed by atoms with Gasteiger partial charge in [0.15, 0.2) is 0 Å². The fourth-order valence-electron chi connectivity index (χ4n) is 1.97. The first-order chi connectivity index (χ1) is 8.69. The van der Waals surface area contributed by atoms with Crippen LogP contribution >= 0.6 is 11.8 Å². The van der Waals surface area contributed by atoms with Crippen molar-refractivity contribution >= 4 is 11.8 Å². The molecule has 0 aromatic heterocycles. The molecule has 1 aliphatic rings. The van der Waals surface area contributed by atoms with Crippen molar-refractivity contribution in [3.63, 3.8) is 0 Å². The van der Waals surface area contributed by atoms with E-state index in [2.05, 4.69) is 11.6 Å². The van der Waals surface area contributed by atoms with Gasteiger partial charge in [-0.1, -0.05) is 12.1 Å². The number of nitrogens with one attached hydrogen (secondary N) is 1. The minimum atomic E-state index is -0.450. The minimum absolute atomic E-state index is 0.444. The number of aliphatic hydroxyl groups is 1. The summed E-state index contributed by atoms with van der Waals surface area (Å²) in [6, 6.07) is 7.57. The fourth-order valence-corrected chi connectivity index (χ4v) is 2.73. The van der Waals surface area contributed by atoms with E-state index in [0.717, 1.165) is 17.9 Å². The highest BCUT2D eigenvalue weighted by Crippen LogP contribution is 2.46. The van der Waals surface area contributed by atoms with Crippen LogP contribution in [-0.2, 0) is 0 Å². The second-order valence-corrected chi connectivity index (χ2v) is 6.08. The average Bonchev–Trinajstić information content (AvgIpc) is 3.19. The largest absolute Gasteiger partial charge is 0.497 e. The van der Waals surface area contributed by atoms with Crippen LogP contribution in [0.4, 0.5) is 0 Å². The number of hydrogen-bond donors (Lipinski definition) is 2. The lowest BCUT2D eigenvalue weighted by Crippen LogP contribution is -2.29. The molecule has 0 radical (unpaired) electrons. The Bertz CT molecular complexity index is 376. The highest BCUT2D eigenvalue weighted by molar-refractivity contribution is 8.00. The number of hydrogen-bond acceptors (Lipinski definition) is 4. The van der Waals surface area contributed by atoms with Crippen LogP contribution in [0, 0.1) is 0 Å². The van der Waals surface area contributed by atoms with E-state index in [1.807, 2.05) is 36.0 Å². The molecule has 2 N–H and O–H groups in total. The van der Waals surface area contributed by atoms with E-state index in [1.165, 1.54) is 12.8 Å². The monoisotopic (exact) mass is 267 g/mol. The zero-order chi connectivity index (χ0) is 13.0. The third kappa shape index (κ3) is 3.40. The van der Waals surface area contributed by atoms with Crippen LogP contribution < -0.4 is 10.1 Å². The van der Waals surface area contributed by atoms with Gasteiger partial charge in [-0.2, -0.15) is 11.8 Å². The molecule has 0 saturated heterocycles. The lowest BCUT2D eigenvalue weighted by Gasteiger charge is -2.16. The Morgan fingerprint density at radius 1 is 1.39 bits per heavy atom. The second kappa shape index (κ2) is 5.95. The molecule has 1 fully saturated rings. The highest BCUT2D eigenvalue weighted by atomic mass is 32.2. The molecule has 1 aromatic rings. The van der Waals surface area contributed by atoms with E-state index >= 15 is 0 Å². The van der Waals surface area contributed by atoms with E-state index in [-0.39, 0.29) is 0 Å². The van der Waals surface area contributed by atoms with Crippen molar-refractivity contribution in [1.29, 1.82) is 0 Å². The Balaban J connectivity index is 1.78. The first-order valence-corrected chi connectivity index (χ1v) is 7.49. The van der Waals surface area contributed by atoms with Crippen LogP contribution in [0.25, 0.3) is 0 Å². The first-order valence-electron chi connectivity index (χ1n) is 6.27.